The summed E-state index contributed by atoms with van der Waals surface area (Å²) in [6, 6.07) is 3.91. The van der Waals surface area contributed by atoms with Crippen LogP contribution >= 0.6 is 0 Å². The molecule has 0 unspecified atom stereocenters. The quantitative estimate of drug-likeness (QED) is 0.722. The number of fused-ring (bicyclic) bond motifs is 1. The molecule has 9 nitrogen and oxygen atoms in total. The van der Waals surface area contributed by atoms with E-state index < -0.39 is 0 Å². The van der Waals surface area contributed by atoms with E-state index in [0.717, 1.165) is 30.2 Å². The maximum Gasteiger partial charge on any atom is 0.291 e. The van der Waals surface area contributed by atoms with Gasteiger partial charge in [0.2, 0.25) is 5.82 Å². The maximum atomic E-state index is 12.3. The molecule has 4 rings (SSSR count). The number of amides is 1. The predicted octanol–water partition coefficient (Wildman–Crippen LogP) is 0.118. The van der Waals surface area contributed by atoms with Crippen molar-refractivity contribution >= 4 is 17.4 Å². The zero-order valence-electron chi connectivity index (χ0n) is 12.7. The number of rotatable bonds is 2. The lowest BCUT2D eigenvalue weighted by molar-refractivity contribution is 0.0734. The number of carbonyl (C=O) groups excluding carboxylic acids is 1. The normalized spacial score (nSPS) is 15.3. The Morgan fingerprint density at radius 2 is 2.09 bits per heavy atom. The second-order valence-electron chi connectivity index (χ2n) is 5.47. The number of aromatic amines is 1. The summed E-state index contributed by atoms with van der Waals surface area (Å²) in [6.45, 7) is 4.70. The van der Waals surface area contributed by atoms with Crippen LogP contribution in [-0.2, 0) is 0 Å². The number of aryl methyl sites for hydroxylation is 1. The summed E-state index contributed by atoms with van der Waals surface area (Å²) in [5, 5.41) is 10.7. The van der Waals surface area contributed by atoms with Crippen LogP contribution in [0.25, 0.3) is 5.65 Å². The first kappa shape index (κ1) is 13.7. The van der Waals surface area contributed by atoms with Crippen molar-refractivity contribution in [3.05, 3.63) is 36.2 Å². The molecule has 0 atom stereocenters. The van der Waals surface area contributed by atoms with Gasteiger partial charge in [0.1, 0.15) is 12.1 Å². The molecule has 3 aromatic heterocycles. The Hall–Kier alpha value is -2.97. The number of aromatic nitrogens is 6. The molecule has 0 radical (unpaired) electrons. The third-order valence-corrected chi connectivity index (χ3v) is 3.98. The lowest BCUT2D eigenvalue weighted by atomic mass is 10.3. The molecule has 0 aromatic carbocycles. The van der Waals surface area contributed by atoms with E-state index in [2.05, 4.69) is 30.2 Å². The molecule has 4 heterocycles. The zero-order chi connectivity index (χ0) is 15.8. The second kappa shape index (κ2) is 5.34. The fourth-order valence-corrected chi connectivity index (χ4v) is 2.84. The van der Waals surface area contributed by atoms with Gasteiger partial charge in [0, 0.05) is 44.0 Å². The zero-order valence-corrected chi connectivity index (χ0v) is 12.7. The summed E-state index contributed by atoms with van der Waals surface area (Å²) in [6.07, 6.45) is 3.09. The van der Waals surface area contributed by atoms with Crippen LogP contribution < -0.4 is 4.90 Å². The third-order valence-electron chi connectivity index (χ3n) is 3.98. The van der Waals surface area contributed by atoms with E-state index in [1.54, 1.807) is 11.1 Å². The summed E-state index contributed by atoms with van der Waals surface area (Å²) >= 11 is 0. The van der Waals surface area contributed by atoms with Gasteiger partial charge in [-0.15, -0.1) is 0 Å². The highest BCUT2D eigenvalue weighted by atomic mass is 16.2. The number of nitrogens with one attached hydrogen (secondary N) is 1. The van der Waals surface area contributed by atoms with Gasteiger partial charge in [-0.25, -0.2) is 9.97 Å². The summed E-state index contributed by atoms with van der Waals surface area (Å²) < 4.78 is 1.83. The highest BCUT2D eigenvalue weighted by Gasteiger charge is 2.25. The third kappa shape index (κ3) is 2.39. The molecule has 0 bridgehead atoms. The van der Waals surface area contributed by atoms with E-state index in [-0.39, 0.29) is 11.7 Å². The molecule has 1 amide bonds. The summed E-state index contributed by atoms with van der Waals surface area (Å²) in [5.41, 5.74) is 1.79. The van der Waals surface area contributed by atoms with E-state index >= 15 is 0 Å². The molecule has 23 heavy (non-hydrogen) atoms. The number of anilines is 1. The van der Waals surface area contributed by atoms with Gasteiger partial charge in [0.25, 0.3) is 5.91 Å². The van der Waals surface area contributed by atoms with Crippen LogP contribution in [0.4, 0.5) is 5.82 Å². The molecule has 0 aliphatic carbocycles. The Bertz CT molecular complexity index is 832. The van der Waals surface area contributed by atoms with Crippen molar-refractivity contribution in [2.75, 3.05) is 31.1 Å². The highest BCUT2D eigenvalue weighted by Crippen LogP contribution is 2.19. The van der Waals surface area contributed by atoms with Crippen molar-refractivity contribution in [1.82, 2.24) is 34.7 Å². The molecule has 1 aliphatic rings. The molecule has 0 saturated carbocycles. The molecule has 0 spiro atoms. The molecule has 9 heteroatoms. The number of piperazine rings is 1. The van der Waals surface area contributed by atoms with Crippen LogP contribution in [0, 0.1) is 6.92 Å². The van der Waals surface area contributed by atoms with E-state index in [1.807, 2.05) is 23.6 Å². The van der Waals surface area contributed by atoms with Crippen LogP contribution in [-0.4, -0.2) is 66.8 Å². The largest absolute Gasteiger partial charge is 0.353 e. The monoisotopic (exact) mass is 312 g/mol. The topological polar surface area (TPSA) is 95.3 Å². The average molecular weight is 312 g/mol. The van der Waals surface area contributed by atoms with Crippen LogP contribution in [0.1, 0.15) is 16.3 Å². The van der Waals surface area contributed by atoms with E-state index in [4.69, 9.17) is 0 Å². The van der Waals surface area contributed by atoms with Crippen LogP contribution in [0.3, 0.4) is 0 Å². The Morgan fingerprint density at radius 3 is 2.83 bits per heavy atom. The number of nitrogens with zero attached hydrogens (tertiary/aromatic N) is 7. The fourth-order valence-electron chi connectivity index (χ4n) is 2.84. The SMILES string of the molecule is Cc1cc(N2CCN(C(=O)c3ncn[nH]3)CC2)n2nccc2n1. The van der Waals surface area contributed by atoms with Crippen LogP contribution in [0.15, 0.2) is 24.7 Å². The Balaban J connectivity index is 1.53. The van der Waals surface area contributed by atoms with Gasteiger partial charge in [-0.3, -0.25) is 9.89 Å². The first-order valence-electron chi connectivity index (χ1n) is 7.43. The van der Waals surface area contributed by atoms with Crippen LogP contribution in [0.5, 0.6) is 0 Å². The first-order chi connectivity index (χ1) is 11.2. The maximum absolute atomic E-state index is 12.3. The van der Waals surface area contributed by atoms with Gasteiger partial charge < -0.3 is 9.80 Å². The minimum atomic E-state index is -0.114. The number of H-pyrrole nitrogens is 1. The number of hydrogen-bond donors (Lipinski definition) is 1. The molecular weight excluding hydrogens is 296 g/mol. The Kier molecular flexibility index (Phi) is 3.18. The molecular formula is C14H16N8O. The molecule has 1 fully saturated rings. The van der Waals surface area contributed by atoms with Gasteiger partial charge >= 0.3 is 0 Å². The number of carbonyl (C=O) groups is 1. The van der Waals surface area contributed by atoms with Crippen molar-refractivity contribution in [3.8, 4) is 0 Å². The van der Waals surface area contributed by atoms with Crippen molar-refractivity contribution in [3.63, 3.8) is 0 Å². The summed E-state index contributed by atoms with van der Waals surface area (Å²) in [7, 11) is 0. The van der Waals surface area contributed by atoms with Crippen molar-refractivity contribution < 1.29 is 4.79 Å². The minimum absolute atomic E-state index is 0.114. The molecule has 1 aliphatic heterocycles. The Labute approximate surface area is 131 Å². The molecule has 3 aromatic rings. The fraction of sp³-hybridized carbons (Fsp3) is 0.357. The van der Waals surface area contributed by atoms with Gasteiger partial charge in [0.05, 0.1) is 6.20 Å². The smallest absolute Gasteiger partial charge is 0.291 e. The Morgan fingerprint density at radius 1 is 1.26 bits per heavy atom. The summed E-state index contributed by atoms with van der Waals surface area (Å²) in [4.78, 5) is 24.7. The lowest BCUT2D eigenvalue weighted by Crippen LogP contribution is -2.49. The average Bonchev–Trinajstić information content (AvgIpc) is 3.25. The van der Waals surface area contributed by atoms with E-state index in [0.29, 0.717) is 13.1 Å². The first-order valence-corrected chi connectivity index (χ1v) is 7.43. The van der Waals surface area contributed by atoms with Crippen LogP contribution in [0.2, 0.25) is 0 Å². The second-order valence-corrected chi connectivity index (χ2v) is 5.47. The molecule has 1 saturated heterocycles. The lowest BCUT2D eigenvalue weighted by Gasteiger charge is -2.35. The van der Waals surface area contributed by atoms with Crippen molar-refractivity contribution in [1.29, 1.82) is 0 Å². The van der Waals surface area contributed by atoms with Gasteiger partial charge in [-0.2, -0.15) is 14.7 Å². The minimum Gasteiger partial charge on any atom is -0.353 e. The molecule has 118 valence electrons. The van der Waals surface area contributed by atoms with Gasteiger partial charge in [-0.05, 0) is 6.92 Å². The predicted molar refractivity (Wildman–Crippen MR) is 82.2 cm³/mol. The molecule has 1 N–H and O–H groups in total. The van der Waals surface area contributed by atoms with Gasteiger partial charge in [0.15, 0.2) is 5.65 Å². The van der Waals surface area contributed by atoms with E-state index in [1.165, 1.54) is 6.33 Å². The van der Waals surface area contributed by atoms with E-state index in [9.17, 15) is 4.79 Å². The standard InChI is InChI=1S/C14H16N8O/c1-10-8-12(22-11(18-10)2-3-17-22)20-4-6-21(7-5-20)14(23)13-15-9-16-19-13/h2-3,8-9H,4-7H2,1H3,(H,15,16,19). The number of hydrogen-bond acceptors (Lipinski definition) is 6. The van der Waals surface area contributed by atoms with Gasteiger partial charge in [-0.1, -0.05) is 0 Å². The van der Waals surface area contributed by atoms with Crippen molar-refractivity contribution in [2.45, 2.75) is 6.92 Å². The van der Waals surface area contributed by atoms with Crippen molar-refractivity contribution in [2.24, 2.45) is 0 Å². The highest BCUT2D eigenvalue weighted by molar-refractivity contribution is 5.90. The summed E-state index contributed by atoms with van der Waals surface area (Å²) in [5.74, 6) is 1.18.